The van der Waals surface area contributed by atoms with Gasteiger partial charge in [-0.05, 0) is 36.4 Å². The molecule has 0 aliphatic carbocycles. The molecule has 1 aromatic heterocycles. The number of piperazine rings is 1. The minimum absolute atomic E-state index is 0.0736. The van der Waals surface area contributed by atoms with Crippen molar-refractivity contribution < 1.29 is 19.1 Å². The fourth-order valence-electron chi connectivity index (χ4n) is 3.77. The number of methoxy groups -OCH3 is 2. The summed E-state index contributed by atoms with van der Waals surface area (Å²) in [4.78, 5) is 36.4. The maximum atomic E-state index is 12.4. The van der Waals surface area contributed by atoms with E-state index in [1.54, 1.807) is 31.4 Å². The van der Waals surface area contributed by atoms with E-state index in [0.717, 1.165) is 55.3 Å². The van der Waals surface area contributed by atoms with Crippen molar-refractivity contribution in [3.05, 3.63) is 53.9 Å². The van der Waals surface area contributed by atoms with Crippen LogP contribution in [0.15, 0.2) is 42.5 Å². The lowest BCUT2D eigenvalue weighted by Crippen LogP contribution is -2.48. The van der Waals surface area contributed by atoms with Gasteiger partial charge < -0.3 is 19.8 Å². The Morgan fingerprint density at radius 3 is 2.44 bits per heavy atom. The number of hydrogen-bond acceptors (Lipinski definition) is 7. The van der Waals surface area contributed by atoms with Gasteiger partial charge in [0.05, 0.1) is 43.9 Å². The normalized spacial score (nSPS) is 14.9. The van der Waals surface area contributed by atoms with E-state index >= 15 is 0 Å². The highest BCUT2D eigenvalue weighted by molar-refractivity contribution is 5.94. The molecule has 9 heteroatoms. The van der Waals surface area contributed by atoms with Crippen LogP contribution in [0.1, 0.15) is 16.2 Å². The number of benzene rings is 2. The summed E-state index contributed by atoms with van der Waals surface area (Å²) < 4.78 is 9.95. The van der Waals surface area contributed by atoms with Gasteiger partial charge >= 0.3 is 5.97 Å². The molecule has 0 unspecified atom stereocenters. The molecule has 1 aliphatic rings. The topological polar surface area (TPSA) is 99.8 Å². The van der Waals surface area contributed by atoms with E-state index in [4.69, 9.17) is 4.74 Å². The van der Waals surface area contributed by atoms with Crippen molar-refractivity contribution in [2.75, 3.05) is 52.3 Å². The summed E-state index contributed by atoms with van der Waals surface area (Å²) in [5.74, 6) is 1.26. The molecule has 2 N–H and O–H groups in total. The van der Waals surface area contributed by atoms with Gasteiger partial charge in [-0.2, -0.15) is 0 Å². The molecule has 0 spiro atoms. The molecule has 2 aromatic carbocycles. The summed E-state index contributed by atoms with van der Waals surface area (Å²) in [5, 5.41) is 2.88. The van der Waals surface area contributed by atoms with Gasteiger partial charge in [-0.25, -0.2) is 9.78 Å². The Balaban J connectivity index is 1.24. The lowest BCUT2D eigenvalue weighted by molar-refractivity contribution is -0.117. The SMILES string of the molecule is COC(=O)c1ccc(NC(=O)CN2CCN(Cc3nc4ccc(OC)cc4[nH]3)CC2)cc1. The molecule has 1 saturated heterocycles. The number of hydrogen-bond donors (Lipinski definition) is 2. The largest absolute Gasteiger partial charge is 0.497 e. The first-order chi connectivity index (χ1) is 15.5. The summed E-state index contributed by atoms with van der Waals surface area (Å²) >= 11 is 0. The van der Waals surface area contributed by atoms with Gasteiger partial charge in [-0.3, -0.25) is 14.6 Å². The molecule has 1 fully saturated rings. The van der Waals surface area contributed by atoms with Crippen molar-refractivity contribution in [3.63, 3.8) is 0 Å². The second-order valence-corrected chi connectivity index (χ2v) is 7.74. The Bertz CT molecular complexity index is 1090. The van der Waals surface area contributed by atoms with Gasteiger partial charge in [0.2, 0.25) is 5.91 Å². The standard InChI is InChI=1S/C23H27N5O4/c1-31-18-7-8-19-20(13-18)26-21(25-19)14-27-9-11-28(12-10-27)15-22(29)24-17-5-3-16(4-6-17)23(30)32-2/h3-8,13H,9-12,14-15H2,1-2H3,(H,24,29)(H,25,26). The van der Waals surface area contributed by atoms with Crippen LogP contribution in [-0.2, 0) is 16.1 Å². The van der Waals surface area contributed by atoms with Crippen LogP contribution < -0.4 is 10.1 Å². The number of imidazole rings is 1. The minimum atomic E-state index is -0.400. The summed E-state index contributed by atoms with van der Waals surface area (Å²) in [6.07, 6.45) is 0. The van der Waals surface area contributed by atoms with E-state index in [-0.39, 0.29) is 5.91 Å². The van der Waals surface area contributed by atoms with E-state index in [0.29, 0.717) is 17.8 Å². The molecule has 1 aliphatic heterocycles. The number of aromatic amines is 1. The summed E-state index contributed by atoms with van der Waals surface area (Å²) in [6.45, 7) is 4.41. The van der Waals surface area contributed by atoms with E-state index in [1.807, 2.05) is 18.2 Å². The van der Waals surface area contributed by atoms with E-state index in [2.05, 4.69) is 29.8 Å². The molecule has 9 nitrogen and oxygen atoms in total. The monoisotopic (exact) mass is 437 g/mol. The van der Waals surface area contributed by atoms with Crippen molar-refractivity contribution in [2.24, 2.45) is 0 Å². The number of aromatic nitrogens is 2. The quantitative estimate of drug-likeness (QED) is 0.546. The average molecular weight is 438 g/mol. The molecular formula is C23H27N5O4. The van der Waals surface area contributed by atoms with Gasteiger partial charge in [0.25, 0.3) is 0 Å². The summed E-state index contributed by atoms with van der Waals surface area (Å²) in [6, 6.07) is 12.5. The molecule has 4 rings (SSSR count). The zero-order chi connectivity index (χ0) is 22.5. The molecular weight excluding hydrogens is 410 g/mol. The highest BCUT2D eigenvalue weighted by atomic mass is 16.5. The van der Waals surface area contributed by atoms with Gasteiger partial charge in [-0.15, -0.1) is 0 Å². The van der Waals surface area contributed by atoms with Crippen LogP contribution in [-0.4, -0.2) is 78.6 Å². The second-order valence-electron chi connectivity index (χ2n) is 7.74. The maximum Gasteiger partial charge on any atom is 0.337 e. The third kappa shape index (κ3) is 5.24. The van der Waals surface area contributed by atoms with Gasteiger partial charge in [-0.1, -0.05) is 0 Å². The molecule has 3 aromatic rings. The molecule has 0 atom stereocenters. The minimum Gasteiger partial charge on any atom is -0.497 e. The number of fused-ring (bicyclic) bond motifs is 1. The Labute approximate surface area is 186 Å². The van der Waals surface area contributed by atoms with Crippen LogP contribution in [0.5, 0.6) is 5.75 Å². The van der Waals surface area contributed by atoms with Gasteiger partial charge in [0, 0.05) is 37.9 Å². The third-order valence-electron chi connectivity index (χ3n) is 5.53. The number of nitrogens with one attached hydrogen (secondary N) is 2. The van der Waals surface area contributed by atoms with Crippen LogP contribution >= 0.6 is 0 Å². The van der Waals surface area contributed by atoms with Gasteiger partial charge in [0.15, 0.2) is 0 Å². The van der Waals surface area contributed by atoms with Crippen molar-refractivity contribution in [3.8, 4) is 5.75 Å². The van der Waals surface area contributed by atoms with Crippen molar-refractivity contribution in [1.29, 1.82) is 0 Å². The van der Waals surface area contributed by atoms with Crippen LogP contribution in [0.3, 0.4) is 0 Å². The number of rotatable bonds is 7. The fourth-order valence-corrected chi connectivity index (χ4v) is 3.77. The molecule has 32 heavy (non-hydrogen) atoms. The smallest absolute Gasteiger partial charge is 0.337 e. The summed E-state index contributed by atoms with van der Waals surface area (Å²) in [5.41, 5.74) is 3.00. The Morgan fingerprint density at radius 2 is 1.75 bits per heavy atom. The number of esters is 1. The first-order valence-corrected chi connectivity index (χ1v) is 10.5. The average Bonchev–Trinajstić information content (AvgIpc) is 3.21. The summed E-state index contributed by atoms with van der Waals surface area (Å²) in [7, 11) is 2.99. The first kappa shape index (κ1) is 21.8. The lowest BCUT2D eigenvalue weighted by atomic mass is 10.2. The molecule has 0 radical (unpaired) electrons. The highest BCUT2D eigenvalue weighted by Gasteiger charge is 2.20. The van der Waals surface area contributed by atoms with E-state index in [9.17, 15) is 9.59 Å². The second kappa shape index (κ2) is 9.80. The number of nitrogens with zero attached hydrogens (tertiary/aromatic N) is 3. The van der Waals surface area contributed by atoms with Crippen LogP contribution in [0.25, 0.3) is 11.0 Å². The number of anilines is 1. The number of carbonyl (C=O) groups excluding carboxylic acids is 2. The predicted octanol–water partition coefficient (Wildman–Crippen LogP) is 2.11. The molecule has 1 amide bonds. The van der Waals surface area contributed by atoms with Crippen molar-refractivity contribution in [1.82, 2.24) is 19.8 Å². The van der Waals surface area contributed by atoms with Gasteiger partial charge in [0.1, 0.15) is 11.6 Å². The number of H-pyrrole nitrogens is 1. The Kier molecular flexibility index (Phi) is 6.67. The van der Waals surface area contributed by atoms with Crippen LogP contribution in [0.4, 0.5) is 5.69 Å². The third-order valence-corrected chi connectivity index (χ3v) is 5.53. The van der Waals surface area contributed by atoms with Crippen molar-refractivity contribution in [2.45, 2.75) is 6.54 Å². The van der Waals surface area contributed by atoms with Crippen LogP contribution in [0.2, 0.25) is 0 Å². The maximum absolute atomic E-state index is 12.4. The van der Waals surface area contributed by atoms with Crippen LogP contribution in [0, 0.1) is 0 Å². The molecule has 168 valence electrons. The number of amides is 1. The Hall–Kier alpha value is -3.43. The molecule has 0 bridgehead atoms. The highest BCUT2D eigenvalue weighted by Crippen LogP contribution is 2.19. The molecule has 2 heterocycles. The Morgan fingerprint density at radius 1 is 1.03 bits per heavy atom. The van der Waals surface area contributed by atoms with Crippen molar-refractivity contribution >= 4 is 28.6 Å². The zero-order valence-electron chi connectivity index (χ0n) is 18.3. The predicted molar refractivity (Wildman–Crippen MR) is 121 cm³/mol. The zero-order valence-corrected chi connectivity index (χ0v) is 18.3. The first-order valence-electron chi connectivity index (χ1n) is 10.5. The van der Waals surface area contributed by atoms with E-state index in [1.165, 1.54) is 7.11 Å². The van der Waals surface area contributed by atoms with E-state index < -0.39 is 5.97 Å². The molecule has 0 saturated carbocycles. The number of carbonyl (C=O) groups is 2. The lowest BCUT2D eigenvalue weighted by Gasteiger charge is -2.33. The fraction of sp³-hybridized carbons (Fsp3) is 0.348. The number of ether oxygens (including phenoxy) is 2.